The predicted octanol–water partition coefficient (Wildman–Crippen LogP) is 2.57. The first-order valence-electron chi connectivity index (χ1n) is 8.72. The number of hydrogen-bond donors (Lipinski definition) is 1. The highest BCUT2D eigenvalue weighted by Gasteiger charge is 2.62. The molecule has 4 rings (SSSR count). The number of carbonyl (C=O) groups excluding carboxylic acids is 1. The van der Waals surface area contributed by atoms with Crippen molar-refractivity contribution in [1.29, 1.82) is 0 Å². The lowest BCUT2D eigenvalue weighted by molar-refractivity contribution is -0.143. The van der Waals surface area contributed by atoms with Crippen LogP contribution in [0.1, 0.15) is 12.0 Å². The van der Waals surface area contributed by atoms with Crippen LogP contribution in [0.4, 0.5) is 8.78 Å². The lowest BCUT2D eigenvalue weighted by atomic mass is 9.75. The Labute approximate surface area is 170 Å². The van der Waals surface area contributed by atoms with Gasteiger partial charge in [0.1, 0.15) is 16.7 Å². The molecule has 154 valence electrons. The fraction of sp³-hybridized carbons (Fsp3) is 0.316. The maximum absolute atomic E-state index is 15.0. The molecule has 2 heterocycles. The Bertz CT molecular complexity index is 1090. The van der Waals surface area contributed by atoms with Gasteiger partial charge in [-0.3, -0.25) is 4.79 Å². The normalized spacial score (nSPS) is 26.2. The molecule has 1 amide bonds. The van der Waals surface area contributed by atoms with Gasteiger partial charge in [0.2, 0.25) is 5.91 Å². The van der Waals surface area contributed by atoms with Crippen LogP contribution in [-0.2, 0) is 24.1 Å². The number of hydrogen-bond acceptors (Lipinski definition) is 5. The number of primary amides is 1. The molecule has 1 saturated heterocycles. The second-order valence-electron chi connectivity index (χ2n) is 6.94. The van der Waals surface area contributed by atoms with Gasteiger partial charge in [0, 0.05) is 11.6 Å². The average Bonchev–Trinajstić information content (AvgIpc) is 2.69. The minimum atomic E-state index is -4.35. The first-order chi connectivity index (χ1) is 13.7. The van der Waals surface area contributed by atoms with Crippen LogP contribution >= 0.6 is 11.6 Å². The molecule has 2 N–H and O–H groups in total. The lowest BCUT2D eigenvalue weighted by Gasteiger charge is -2.49. The number of halogens is 3. The summed E-state index contributed by atoms with van der Waals surface area (Å²) in [5, 5.41) is 0.310. The molecule has 2 aromatic rings. The fourth-order valence-corrected chi connectivity index (χ4v) is 6.67. The summed E-state index contributed by atoms with van der Waals surface area (Å²) >= 11 is 5.87. The quantitative estimate of drug-likeness (QED) is 0.786. The van der Waals surface area contributed by atoms with Gasteiger partial charge in [-0.25, -0.2) is 17.2 Å². The second-order valence-corrected chi connectivity index (χ2v) is 9.58. The van der Waals surface area contributed by atoms with E-state index in [1.807, 2.05) is 0 Å². The molecule has 0 saturated carbocycles. The number of fused-ring (bicyclic) bond motifs is 3. The Morgan fingerprint density at radius 2 is 1.79 bits per heavy atom. The number of carbonyl (C=O) groups is 1. The Kier molecular flexibility index (Phi) is 4.79. The van der Waals surface area contributed by atoms with Gasteiger partial charge in [0.05, 0.1) is 23.0 Å². The van der Waals surface area contributed by atoms with Crippen molar-refractivity contribution in [3.8, 4) is 5.75 Å². The van der Waals surface area contributed by atoms with E-state index in [2.05, 4.69) is 0 Å². The molecular formula is C19H16ClF2NO5S. The van der Waals surface area contributed by atoms with E-state index in [4.69, 9.17) is 26.8 Å². The molecule has 2 aromatic carbocycles. The Morgan fingerprint density at radius 1 is 1.14 bits per heavy atom. The summed E-state index contributed by atoms with van der Waals surface area (Å²) in [6, 6.07) is 7.03. The summed E-state index contributed by atoms with van der Waals surface area (Å²) in [5.41, 5.74) is 4.98. The lowest BCUT2D eigenvalue weighted by Crippen LogP contribution is -2.60. The summed E-state index contributed by atoms with van der Waals surface area (Å²) in [5.74, 6) is -4.40. The third-order valence-corrected chi connectivity index (χ3v) is 8.32. The highest BCUT2D eigenvalue weighted by atomic mass is 35.5. The highest BCUT2D eigenvalue weighted by molar-refractivity contribution is 7.92. The summed E-state index contributed by atoms with van der Waals surface area (Å²) in [4.78, 5) is 11.8. The van der Waals surface area contributed by atoms with Crippen molar-refractivity contribution in [2.45, 2.75) is 22.2 Å². The van der Waals surface area contributed by atoms with Crippen molar-refractivity contribution in [2.24, 2.45) is 11.7 Å². The zero-order valence-electron chi connectivity index (χ0n) is 14.9. The van der Waals surface area contributed by atoms with Gasteiger partial charge >= 0.3 is 0 Å². The van der Waals surface area contributed by atoms with Crippen molar-refractivity contribution in [1.82, 2.24) is 0 Å². The van der Waals surface area contributed by atoms with Gasteiger partial charge in [-0.15, -0.1) is 0 Å². The summed E-state index contributed by atoms with van der Waals surface area (Å²) < 4.78 is 66.0. The zero-order chi connectivity index (χ0) is 21.0. The van der Waals surface area contributed by atoms with Gasteiger partial charge in [-0.2, -0.15) is 0 Å². The van der Waals surface area contributed by atoms with E-state index in [0.717, 1.165) is 12.1 Å². The first kappa shape index (κ1) is 20.1. The maximum Gasteiger partial charge on any atom is 0.247 e. The second kappa shape index (κ2) is 6.93. The van der Waals surface area contributed by atoms with Crippen molar-refractivity contribution >= 4 is 27.3 Å². The molecule has 2 aliphatic heterocycles. The van der Waals surface area contributed by atoms with Gasteiger partial charge < -0.3 is 15.2 Å². The van der Waals surface area contributed by atoms with Crippen LogP contribution in [0.25, 0.3) is 0 Å². The van der Waals surface area contributed by atoms with E-state index in [0.29, 0.717) is 5.02 Å². The Balaban J connectivity index is 2.05. The van der Waals surface area contributed by atoms with Gasteiger partial charge in [-0.05, 0) is 42.8 Å². The molecule has 29 heavy (non-hydrogen) atoms. The van der Waals surface area contributed by atoms with Crippen molar-refractivity contribution in [3.05, 3.63) is 58.6 Å². The number of amides is 1. The molecule has 0 bridgehead atoms. The van der Waals surface area contributed by atoms with Crippen LogP contribution in [0, 0.1) is 17.6 Å². The van der Waals surface area contributed by atoms with Gasteiger partial charge in [-0.1, -0.05) is 11.6 Å². The average molecular weight is 444 g/mol. The molecule has 0 radical (unpaired) electrons. The maximum atomic E-state index is 15.0. The number of rotatable bonds is 3. The topological polar surface area (TPSA) is 95.7 Å². The predicted molar refractivity (Wildman–Crippen MR) is 99.2 cm³/mol. The van der Waals surface area contributed by atoms with Crippen LogP contribution in [0.5, 0.6) is 5.75 Å². The standard InChI is InChI=1S/C19H16ClF2NO5S/c20-10-1-3-11(4-2-10)29(25,26)19-7-8-27-16(18(23)24)12(19)9-28-17-14(22)6-5-13(21)15(17)19/h1-6,12,16H,7-9H2,(H2,23,24). The Hall–Kier alpha value is -2.23. The number of ether oxygens (including phenoxy) is 2. The molecule has 0 aromatic heterocycles. The molecule has 1 fully saturated rings. The summed E-state index contributed by atoms with van der Waals surface area (Å²) in [6.07, 6.45) is -1.55. The van der Waals surface area contributed by atoms with Crippen LogP contribution in [0.2, 0.25) is 5.02 Å². The minimum Gasteiger partial charge on any atom is -0.490 e. The third-order valence-electron chi connectivity index (χ3n) is 5.51. The molecule has 2 aliphatic rings. The van der Waals surface area contributed by atoms with Crippen LogP contribution in [-0.4, -0.2) is 33.6 Å². The molecule has 6 nitrogen and oxygen atoms in total. The Morgan fingerprint density at radius 3 is 2.45 bits per heavy atom. The zero-order valence-corrected chi connectivity index (χ0v) is 16.5. The summed E-state index contributed by atoms with van der Waals surface area (Å²) in [6.45, 7) is -0.569. The van der Waals surface area contributed by atoms with Crippen LogP contribution < -0.4 is 10.5 Å². The van der Waals surface area contributed by atoms with Crippen molar-refractivity contribution in [3.63, 3.8) is 0 Å². The SMILES string of the molecule is NC(=O)C1OCCC2(S(=O)(=O)c3ccc(Cl)cc3)c3c(F)ccc(F)c3OCC12. The largest absolute Gasteiger partial charge is 0.490 e. The molecule has 3 atom stereocenters. The first-order valence-corrected chi connectivity index (χ1v) is 10.6. The molecule has 0 aliphatic carbocycles. The molecule has 10 heteroatoms. The number of sulfone groups is 1. The molecular weight excluding hydrogens is 428 g/mol. The van der Waals surface area contributed by atoms with Gasteiger partial charge in [0.15, 0.2) is 21.4 Å². The minimum absolute atomic E-state index is 0.145. The van der Waals surface area contributed by atoms with Crippen molar-refractivity contribution in [2.75, 3.05) is 13.2 Å². The van der Waals surface area contributed by atoms with E-state index in [-0.39, 0.29) is 24.5 Å². The van der Waals surface area contributed by atoms with Crippen LogP contribution in [0.3, 0.4) is 0 Å². The number of nitrogens with two attached hydrogens (primary N) is 1. The summed E-state index contributed by atoms with van der Waals surface area (Å²) in [7, 11) is -4.35. The highest BCUT2D eigenvalue weighted by Crippen LogP contribution is 2.55. The number of benzene rings is 2. The van der Waals surface area contributed by atoms with E-state index in [1.54, 1.807) is 0 Å². The van der Waals surface area contributed by atoms with Crippen LogP contribution in [0.15, 0.2) is 41.3 Å². The molecule has 3 unspecified atom stereocenters. The monoisotopic (exact) mass is 443 g/mol. The van der Waals surface area contributed by atoms with E-state index in [9.17, 15) is 17.6 Å². The fourth-order valence-electron chi connectivity index (χ4n) is 4.23. The van der Waals surface area contributed by atoms with Crippen molar-refractivity contribution < 1.29 is 31.5 Å². The molecule has 0 spiro atoms. The van der Waals surface area contributed by atoms with E-state index < -0.39 is 55.5 Å². The smallest absolute Gasteiger partial charge is 0.247 e. The van der Waals surface area contributed by atoms with E-state index in [1.165, 1.54) is 24.3 Å². The van der Waals surface area contributed by atoms with Gasteiger partial charge in [0.25, 0.3) is 0 Å². The van der Waals surface area contributed by atoms with E-state index >= 15 is 4.39 Å². The third kappa shape index (κ3) is 2.83.